The molecule has 34 heavy (non-hydrogen) atoms. The monoisotopic (exact) mass is 509 g/mol. The highest BCUT2D eigenvalue weighted by Crippen LogP contribution is 2.29. The number of para-hydroxylation sites is 2. The van der Waals surface area contributed by atoms with Gasteiger partial charge in [0.2, 0.25) is 21.8 Å². The van der Waals surface area contributed by atoms with Crippen LogP contribution in [-0.2, 0) is 26.2 Å². The van der Waals surface area contributed by atoms with E-state index in [9.17, 15) is 18.0 Å². The van der Waals surface area contributed by atoms with Crippen LogP contribution in [0.4, 0.5) is 5.69 Å². The lowest BCUT2D eigenvalue weighted by Crippen LogP contribution is -2.52. The number of benzene rings is 2. The van der Waals surface area contributed by atoms with Crippen LogP contribution in [0.25, 0.3) is 0 Å². The molecule has 0 fully saturated rings. The van der Waals surface area contributed by atoms with E-state index in [4.69, 9.17) is 16.3 Å². The summed E-state index contributed by atoms with van der Waals surface area (Å²) in [6.07, 6.45) is 1.76. The maximum atomic E-state index is 13.5. The zero-order chi connectivity index (χ0) is 25.5. The van der Waals surface area contributed by atoms with Crippen molar-refractivity contribution in [1.29, 1.82) is 0 Å². The molecule has 186 valence electrons. The molecular weight excluding hydrogens is 478 g/mol. The number of sulfonamides is 1. The van der Waals surface area contributed by atoms with Crippen molar-refractivity contribution in [3.05, 3.63) is 59.1 Å². The minimum atomic E-state index is -3.84. The van der Waals surface area contributed by atoms with Crippen LogP contribution in [0.5, 0.6) is 5.75 Å². The fourth-order valence-electron chi connectivity index (χ4n) is 3.27. The van der Waals surface area contributed by atoms with Crippen molar-refractivity contribution < 1.29 is 22.7 Å². The van der Waals surface area contributed by atoms with Crippen LogP contribution in [0.3, 0.4) is 0 Å². The van der Waals surface area contributed by atoms with Gasteiger partial charge in [0.15, 0.2) is 0 Å². The SMILES string of the molecule is CC[C@@H](C)NC(=O)[C@@H](C)N(Cc1ccc(Cl)cc1)C(=O)CN(c1ccccc1OC)S(C)(=O)=O. The average molecular weight is 510 g/mol. The second-order valence-corrected chi connectivity index (χ2v) is 10.4. The van der Waals surface area contributed by atoms with Gasteiger partial charge in [-0.3, -0.25) is 13.9 Å². The zero-order valence-corrected chi connectivity index (χ0v) is 21.7. The first kappa shape index (κ1) is 27.5. The minimum Gasteiger partial charge on any atom is -0.495 e. The molecule has 0 saturated carbocycles. The Morgan fingerprint density at radius 1 is 1.09 bits per heavy atom. The van der Waals surface area contributed by atoms with E-state index < -0.39 is 28.5 Å². The molecule has 0 saturated heterocycles. The maximum Gasteiger partial charge on any atom is 0.244 e. The van der Waals surface area contributed by atoms with Crippen molar-refractivity contribution in [2.24, 2.45) is 0 Å². The van der Waals surface area contributed by atoms with Crippen LogP contribution in [0.1, 0.15) is 32.8 Å². The van der Waals surface area contributed by atoms with E-state index in [1.165, 1.54) is 12.0 Å². The Bertz CT molecular complexity index is 1090. The quantitative estimate of drug-likeness (QED) is 0.500. The van der Waals surface area contributed by atoms with Crippen LogP contribution >= 0.6 is 11.6 Å². The van der Waals surface area contributed by atoms with E-state index in [-0.39, 0.29) is 24.2 Å². The normalized spacial score (nSPS) is 13.0. The summed E-state index contributed by atoms with van der Waals surface area (Å²) in [5.74, 6) is -0.537. The number of methoxy groups -OCH3 is 1. The van der Waals surface area contributed by atoms with E-state index in [1.807, 2.05) is 13.8 Å². The van der Waals surface area contributed by atoms with Crippen molar-refractivity contribution in [1.82, 2.24) is 10.2 Å². The van der Waals surface area contributed by atoms with Crippen molar-refractivity contribution in [2.45, 2.75) is 45.8 Å². The molecule has 10 heteroatoms. The van der Waals surface area contributed by atoms with Crippen molar-refractivity contribution >= 4 is 39.1 Å². The molecule has 0 bridgehead atoms. The van der Waals surface area contributed by atoms with E-state index in [1.54, 1.807) is 55.5 Å². The second kappa shape index (κ2) is 12.1. The first-order chi connectivity index (χ1) is 16.0. The lowest BCUT2D eigenvalue weighted by atomic mass is 10.1. The largest absolute Gasteiger partial charge is 0.495 e. The molecule has 2 atom stereocenters. The second-order valence-electron chi connectivity index (χ2n) is 8.08. The van der Waals surface area contributed by atoms with Crippen LogP contribution < -0.4 is 14.4 Å². The van der Waals surface area contributed by atoms with E-state index in [0.717, 1.165) is 22.5 Å². The Hall–Kier alpha value is -2.78. The van der Waals surface area contributed by atoms with Crippen LogP contribution in [0.15, 0.2) is 48.5 Å². The van der Waals surface area contributed by atoms with Gasteiger partial charge >= 0.3 is 0 Å². The summed E-state index contributed by atoms with van der Waals surface area (Å²) >= 11 is 5.98. The highest BCUT2D eigenvalue weighted by molar-refractivity contribution is 7.92. The molecule has 0 spiro atoms. The predicted octanol–water partition coefficient (Wildman–Crippen LogP) is 3.45. The van der Waals surface area contributed by atoms with E-state index in [2.05, 4.69) is 5.32 Å². The summed E-state index contributed by atoms with van der Waals surface area (Å²) in [7, 11) is -2.41. The third-order valence-electron chi connectivity index (χ3n) is 5.47. The summed E-state index contributed by atoms with van der Waals surface area (Å²) in [6, 6.07) is 12.6. The molecular formula is C24H32ClN3O5S. The number of halogens is 1. The maximum absolute atomic E-state index is 13.5. The summed E-state index contributed by atoms with van der Waals surface area (Å²) in [6.45, 7) is 5.06. The molecule has 2 aromatic rings. The Labute approximate surface area is 206 Å². The minimum absolute atomic E-state index is 0.0662. The number of ether oxygens (including phenoxy) is 1. The van der Waals surface area contributed by atoms with Gasteiger partial charge in [-0.25, -0.2) is 8.42 Å². The summed E-state index contributed by atoms with van der Waals surface area (Å²) in [5.41, 5.74) is 0.994. The van der Waals surface area contributed by atoms with Crippen molar-refractivity contribution in [3.8, 4) is 5.75 Å². The van der Waals surface area contributed by atoms with Gasteiger partial charge in [-0.1, -0.05) is 42.8 Å². The Morgan fingerprint density at radius 2 is 1.71 bits per heavy atom. The lowest BCUT2D eigenvalue weighted by Gasteiger charge is -2.32. The first-order valence-corrected chi connectivity index (χ1v) is 13.2. The third kappa shape index (κ3) is 7.36. The van der Waals surface area contributed by atoms with Gasteiger partial charge in [-0.15, -0.1) is 0 Å². The highest BCUT2D eigenvalue weighted by Gasteiger charge is 2.31. The molecule has 2 aromatic carbocycles. The molecule has 0 unspecified atom stereocenters. The Kier molecular flexibility index (Phi) is 9.76. The average Bonchev–Trinajstić information content (AvgIpc) is 2.80. The summed E-state index contributed by atoms with van der Waals surface area (Å²) < 4.78 is 31.6. The molecule has 0 heterocycles. The molecule has 0 aliphatic carbocycles. The van der Waals surface area contributed by atoms with Crippen LogP contribution in [-0.4, -0.2) is 57.1 Å². The number of nitrogens with zero attached hydrogens (tertiary/aromatic N) is 2. The van der Waals surface area contributed by atoms with E-state index >= 15 is 0 Å². The molecule has 2 rings (SSSR count). The Balaban J connectivity index is 2.41. The number of carbonyl (C=O) groups is 2. The standard InChI is InChI=1S/C24H32ClN3O5S/c1-6-17(2)26-24(30)18(3)27(15-19-11-13-20(25)14-12-19)23(29)16-28(34(5,31)32)21-9-7-8-10-22(21)33-4/h7-14,17-18H,6,15-16H2,1-5H3,(H,26,30)/t17-,18-/m1/s1. The number of hydrogen-bond donors (Lipinski definition) is 1. The number of rotatable bonds is 11. The van der Waals surface area contributed by atoms with Crippen molar-refractivity contribution in [2.75, 3.05) is 24.2 Å². The molecule has 0 aromatic heterocycles. The molecule has 0 aliphatic rings. The number of nitrogens with one attached hydrogen (secondary N) is 1. The fraction of sp³-hybridized carbons (Fsp3) is 0.417. The van der Waals surface area contributed by atoms with Crippen LogP contribution in [0.2, 0.25) is 5.02 Å². The van der Waals surface area contributed by atoms with Gasteiger partial charge in [0.25, 0.3) is 0 Å². The lowest BCUT2D eigenvalue weighted by molar-refractivity contribution is -0.139. The van der Waals surface area contributed by atoms with Gasteiger partial charge in [0.1, 0.15) is 18.3 Å². The molecule has 2 amide bonds. The number of hydrogen-bond acceptors (Lipinski definition) is 5. The van der Waals surface area contributed by atoms with Crippen LogP contribution in [0, 0.1) is 0 Å². The smallest absolute Gasteiger partial charge is 0.244 e. The topological polar surface area (TPSA) is 96.0 Å². The van der Waals surface area contributed by atoms with Gasteiger partial charge in [0.05, 0.1) is 19.1 Å². The number of anilines is 1. The molecule has 0 radical (unpaired) electrons. The van der Waals surface area contributed by atoms with Gasteiger partial charge in [0, 0.05) is 17.6 Å². The number of amides is 2. The summed E-state index contributed by atoms with van der Waals surface area (Å²) in [4.78, 5) is 27.8. The Morgan fingerprint density at radius 3 is 2.26 bits per heavy atom. The molecule has 1 N–H and O–H groups in total. The van der Waals surface area contributed by atoms with Gasteiger partial charge < -0.3 is 15.0 Å². The highest BCUT2D eigenvalue weighted by atomic mass is 35.5. The van der Waals surface area contributed by atoms with Gasteiger partial charge in [-0.05, 0) is 50.1 Å². The zero-order valence-electron chi connectivity index (χ0n) is 20.1. The first-order valence-electron chi connectivity index (χ1n) is 10.9. The van der Waals surface area contributed by atoms with E-state index in [0.29, 0.717) is 10.8 Å². The fourth-order valence-corrected chi connectivity index (χ4v) is 4.24. The molecule has 8 nitrogen and oxygen atoms in total. The van der Waals surface area contributed by atoms with Crippen molar-refractivity contribution in [3.63, 3.8) is 0 Å². The number of carbonyl (C=O) groups excluding carboxylic acids is 2. The molecule has 0 aliphatic heterocycles. The summed E-state index contributed by atoms with van der Waals surface area (Å²) in [5, 5.41) is 3.43. The predicted molar refractivity (Wildman–Crippen MR) is 135 cm³/mol. The van der Waals surface area contributed by atoms with Gasteiger partial charge in [-0.2, -0.15) is 0 Å². The third-order valence-corrected chi connectivity index (χ3v) is 6.85.